The number of hydrogen-bond acceptors (Lipinski definition) is 2. The van der Waals surface area contributed by atoms with Crippen LogP contribution in [-0.4, -0.2) is 9.78 Å². The van der Waals surface area contributed by atoms with Gasteiger partial charge in [0.2, 0.25) is 0 Å². The van der Waals surface area contributed by atoms with Crippen molar-refractivity contribution >= 4 is 0 Å². The van der Waals surface area contributed by atoms with Crippen molar-refractivity contribution in [3.63, 3.8) is 0 Å². The van der Waals surface area contributed by atoms with Gasteiger partial charge in [-0.3, -0.25) is 4.68 Å². The molecule has 0 spiro atoms. The zero-order chi connectivity index (χ0) is 12.6. The highest BCUT2D eigenvalue weighted by Gasteiger charge is 2.38. The van der Waals surface area contributed by atoms with Gasteiger partial charge in [0.25, 0.3) is 0 Å². The van der Waals surface area contributed by atoms with Crippen LogP contribution in [0.4, 0.5) is 13.2 Å². The molecule has 1 unspecified atom stereocenters. The zero-order valence-electron chi connectivity index (χ0n) is 9.33. The van der Waals surface area contributed by atoms with Crippen LogP contribution in [0.2, 0.25) is 0 Å². The van der Waals surface area contributed by atoms with Gasteiger partial charge in [0.1, 0.15) is 5.69 Å². The second-order valence-corrected chi connectivity index (χ2v) is 4.44. The number of nitriles is 1. The van der Waals surface area contributed by atoms with Gasteiger partial charge < -0.3 is 0 Å². The number of alkyl halides is 3. The Morgan fingerprint density at radius 2 is 2.24 bits per heavy atom. The van der Waals surface area contributed by atoms with Gasteiger partial charge in [-0.2, -0.15) is 23.5 Å². The highest BCUT2D eigenvalue weighted by Crippen LogP contribution is 2.41. The molecule has 3 nitrogen and oxygen atoms in total. The Balaban J connectivity index is 2.31. The SMILES string of the molecule is CC(C#N)Cn1nc(C2CC2)cc1C(F)(F)F. The van der Waals surface area contributed by atoms with E-state index in [-0.39, 0.29) is 12.5 Å². The molecule has 0 aliphatic heterocycles. The summed E-state index contributed by atoms with van der Waals surface area (Å²) in [6.07, 6.45) is -2.60. The molecule has 0 saturated heterocycles. The minimum absolute atomic E-state index is 0.0158. The third-order valence-electron chi connectivity index (χ3n) is 2.75. The summed E-state index contributed by atoms with van der Waals surface area (Å²) in [7, 11) is 0. The fourth-order valence-electron chi connectivity index (χ4n) is 1.68. The van der Waals surface area contributed by atoms with Crippen molar-refractivity contribution in [2.45, 2.75) is 38.4 Å². The Bertz CT molecular complexity index is 452. The van der Waals surface area contributed by atoms with Crippen LogP contribution in [0, 0.1) is 17.2 Å². The molecular weight excluding hydrogens is 231 g/mol. The smallest absolute Gasteiger partial charge is 0.259 e. The molecule has 0 N–H and O–H groups in total. The molecule has 0 bridgehead atoms. The zero-order valence-corrected chi connectivity index (χ0v) is 9.33. The average molecular weight is 243 g/mol. The number of hydrogen-bond donors (Lipinski definition) is 0. The topological polar surface area (TPSA) is 41.6 Å². The van der Waals surface area contributed by atoms with E-state index in [9.17, 15) is 13.2 Å². The number of aromatic nitrogens is 2. The first-order valence-corrected chi connectivity index (χ1v) is 5.46. The highest BCUT2D eigenvalue weighted by atomic mass is 19.4. The summed E-state index contributed by atoms with van der Waals surface area (Å²) in [5.41, 5.74) is -0.246. The van der Waals surface area contributed by atoms with Crippen molar-refractivity contribution in [3.8, 4) is 6.07 Å². The molecule has 1 fully saturated rings. The Kier molecular flexibility index (Phi) is 2.86. The maximum Gasteiger partial charge on any atom is 0.433 e. The monoisotopic (exact) mass is 243 g/mol. The maximum atomic E-state index is 12.8. The van der Waals surface area contributed by atoms with Crippen LogP contribution in [0.25, 0.3) is 0 Å². The van der Waals surface area contributed by atoms with Crippen molar-refractivity contribution in [1.29, 1.82) is 5.26 Å². The molecule has 1 aliphatic rings. The van der Waals surface area contributed by atoms with E-state index in [4.69, 9.17) is 5.26 Å². The predicted molar refractivity (Wildman–Crippen MR) is 54.0 cm³/mol. The molecule has 1 aromatic heterocycles. The second kappa shape index (κ2) is 4.06. The van der Waals surface area contributed by atoms with E-state index in [2.05, 4.69) is 5.10 Å². The maximum absolute atomic E-state index is 12.8. The second-order valence-electron chi connectivity index (χ2n) is 4.44. The van der Waals surface area contributed by atoms with E-state index in [1.807, 2.05) is 6.07 Å². The Morgan fingerprint density at radius 3 is 2.71 bits per heavy atom. The largest absolute Gasteiger partial charge is 0.433 e. The van der Waals surface area contributed by atoms with E-state index < -0.39 is 17.8 Å². The van der Waals surface area contributed by atoms with Crippen LogP contribution in [-0.2, 0) is 12.7 Å². The Hall–Kier alpha value is -1.51. The van der Waals surface area contributed by atoms with Crippen molar-refractivity contribution in [3.05, 3.63) is 17.5 Å². The Labute approximate surface area is 96.8 Å². The Morgan fingerprint density at radius 1 is 1.59 bits per heavy atom. The number of rotatable bonds is 3. The standard InChI is InChI=1S/C11H12F3N3/c1-7(5-15)6-17-10(11(12,13)14)4-9(16-17)8-2-3-8/h4,7-8H,2-3,6H2,1H3. The molecule has 17 heavy (non-hydrogen) atoms. The fourth-order valence-corrected chi connectivity index (χ4v) is 1.68. The molecule has 1 saturated carbocycles. The van der Waals surface area contributed by atoms with E-state index in [0.717, 1.165) is 23.6 Å². The first-order chi connectivity index (χ1) is 7.91. The lowest BCUT2D eigenvalue weighted by Gasteiger charge is -2.10. The van der Waals surface area contributed by atoms with Gasteiger partial charge in [-0.1, -0.05) is 0 Å². The van der Waals surface area contributed by atoms with Crippen LogP contribution >= 0.6 is 0 Å². The molecule has 1 heterocycles. The van der Waals surface area contributed by atoms with Gasteiger partial charge in [-0.05, 0) is 25.8 Å². The number of nitrogens with zero attached hydrogens (tertiary/aromatic N) is 3. The van der Waals surface area contributed by atoms with Crippen LogP contribution in [0.5, 0.6) is 0 Å². The van der Waals surface area contributed by atoms with Crippen LogP contribution < -0.4 is 0 Å². The minimum Gasteiger partial charge on any atom is -0.259 e. The third kappa shape index (κ3) is 2.60. The van der Waals surface area contributed by atoms with Crippen molar-refractivity contribution < 1.29 is 13.2 Å². The first kappa shape index (κ1) is 12.0. The minimum atomic E-state index is -4.41. The van der Waals surface area contributed by atoms with Gasteiger partial charge in [0.15, 0.2) is 0 Å². The molecule has 1 aromatic rings. The van der Waals surface area contributed by atoms with Crippen molar-refractivity contribution in [2.24, 2.45) is 5.92 Å². The third-order valence-corrected chi connectivity index (χ3v) is 2.75. The lowest BCUT2D eigenvalue weighted by molar-refractivity contribution is -0.144. The molecule has 0 amide bonds. The summed E-state index contributed by atoms with van der Waals surface area (Å²) in [6.45, 7) is 1.57. The summed E-state index contributed by atoms with van der Waals surface area (Å²) in [6, 6.07) is 3.03. The normalized spacial score (nSPS) is 17.8. The molecule has 0 aromatic carbocycles. The summed E-state index contributed by atoms with van der Waals surface area (Å²) >= 11 is 0. The van der Waals surface area contributed by atoms with Gasteiger partial charge in [0, 0.05) is 5.92 Å². The number of halogens is 3. The lowest BCUT2D eigenvalue weighted by atomic mass is 10.2. The molecule has 92 valence electrons. The summed E-state index contributed by atoms with van der Waals surface area (Å²) < 4.78 is 39.2. The quantitative estimate of drug-likeness (QED) is 0.819. The molecule has 1 atom stereocenters. The molecule has 0 radical (unpaired) electrons. The average Bonchev–Trinajstić information content (AvgIpc) is 2.99. The highest BCUT2D eigenvalue weighted by molar-refractivity contribution is 5.20. The van der Waals surface area contributed by atoms with E-state index in [1.165, 1.54) is 0 Å². The molecule has 6 heteroatoms. The predicted octanol–water partition coefficient (Wildman–Crippen LogP) is 2.94. The molecular formula is C11H12F3N3. The van der Waals surface area contributed by atoms with Gasteiger partial charge in [-0.25, -0.2) is 0 Å². The van der Waals surface area contributed by atoms with Gasteiger partial charge in [-0.15, -0.1) is 0 Å². The summed E-state index contributed by atoms with van der Waals surface area (Å²) in [4.78, 5) is 0. The lowest BCUT2D eigenvalue weighted by Crippen LogP contribution is -2.17. The van der Waals surface area contributed by atoms with Gasteiger partial charge in [0.05, 0.1) is 24.2 Å². The van der Waals surface area contributed by atoms with E-state index in [0.29, 0.717) is 5.69 Å². The van der Waals surface area contributed by atoms with Crippen LogP contribution in [0.3, 0.4) is 0 Å². The van der Waals surface area contributed by atoms with Crippen LogP contribution in [0.15, 0.2) is 6.07 Å². The van der Waals surface area contributed by atoms with Crippen molar-refractivity contribution in [1.82, 2.24) is 9.78 Å². The summed E-state index contributed by atoms with van der Waals surface area (Å²) in [5.74, 6) is -0.308. The summed E-state index contributed by atoms with van der Waals surface area (Å²) in [5, 5.41) is 12.6. The first-order valence-electron chi connectivity index (χ1n) is 5.46. The van der Waals surface area contributed by atoms with E-state index in [1.54, 1.807) is 6.92 Å². The van der Waals surface area contributed by atoms with Gasteiger partial charge >= 0.3 is 6.18 Å². The molecule has 1 aliphatic carbocycles. The van der Waals surface area contributed by atoms with Crippen molar-refractivity contribution in [2.75, 3.05) is 0 Å². The fraction of sp³-hybridized carbons (Fsp3) is 0.636. The van der Waals surface area contributed by atoms with Crippen LogP contribution in [0.1, 0.15) is 37.1 Å². The van der Waals surface area contributed by atoms with E-state index >= 15 is 0 Å². The molecule has 2 rings (SSSR count).